The van der Waals surface area contributed by atoms with Crippen LogP contribution >= 0.6 is 0 Å². The lowest BCUT2D eigenvalue weighted by molar-refractivity contribution is -0.131. The van der Waals surface area contributed by atoms with Gasteiger partial charge in [0, 0.05) is 20.1 Å². The molecule has 0 aromatic carbocycles. The first-order valence-electron chi connectivity index (χ1n) is 5.17. The third-order valence-electron chi connectivity index (χ3n) is 2.38. The van der Waals surface area contributed by atoms with Crippen LogP contribution in [0.3, 0.4) is 0 Å². The van der Waals surface area contributed by atoms with Crippen LogP contribution in [0.2, 0.25) is 0 Å². The predicted octanol–water partition coefficient (Wildman–Crippen LogP) is 1.41. The number of carbonyl (C=O) groups is 1. The Kier molecular flexibility index (Phi) is 6.21. The fourth-order valence-corrected chi connectivity index (χ4v) is 0.996. The Balaban J connectivity index is 3.90. The summed E-state index contributed by atoms with van der Waals surface area (Å²) in [6, 6.07) is -0.122. The van der Waals surface area contributed by atoms with E-state index in [0.29, 0.717) is 0 Å². The molecule has 1 atom stereocenters. The molecule has 0 aliphatic heterocycles. The van der Waals surface area contributed by atoms with E-state index in [2.05, 4.69) is 18.8 Å². The van der Waals surface area contributed by atoms with Gasteiger partial charge in [0.05, 0.1) is 6.04 Å². The van der Waals surface area contributed by atoms with Crippen molar-refractivity contribution in [1.82, 2.24) is 10.2 Å². The summed E-state index contributed by atoms with van der Waals surface area (Å²) in [7, 11) is 1.81. The number of likely N-dealkylation sites (N-methyl/N-ethyl adjacent to an activating group) is 1. The Hall–Kier alpha value is -0.830. The van der Waals surface area contributed by atoms with Crippen LogP contribution in [0.5, 0.6) is 0 Å². The van der Waals surface area contributed by atoms with Crippen LogP contribution < -0.4 is 5.32 Å². The van der Waals surface area contributed by atoms with E-state index in [-0.39, 0.29) is 11.9 Å². The van der Waals surface area contributed by atoms with Crippen molar-refractivity contribution in [3.8, 4) is 0 Å². The maximum Gasteiger partial charge on any atom is 0.239 e. The van der Waals surface area contributed by atoms with Crippen molar-refractivity contribution >= 4 is 5.91 Å². The van der Waals surface area contributed by atoms with Crippen molar-refractivity contribution in [3.63, 3.8) is 0 Å². The Morgan fingerprint density at radius 2 is 2.07 bits per heavy atom. The lowest BCUT2D eigenvalue weighted by Gasteiger charge is -2.20. The first-order valence-corrected chi connectivity index (χ1v) is 5.17. The Morgan fingerprint density at radius 3 is 2.50 bits per heavy atom. The monoisotopic (exact) mass is 198 g/mol. The topological polar surface area (TPSA) is 32.3 Å². The average molecular weight is 198 g/mol. The molecule has 0 heterocycles. The summed E-state index contributed by atoms with van der Waals surface area (Å²) in [5.41, 5.74) is 1.13. The second kappa shape index (κ2) is 6.60. The molecular formula is C11H22N2O. The maximum absolute atomic E-state index is 11.6. The van der Waals surface area contributed by atoms with Crippen LogP contribution in [0.15, 0.2) is 12.2 Å². The number of nitrogens with zero attached hydrogens (tertiary/aromatic N) is 1. The summed E-state index contributed by atoms with van der Waals surface area (Å²) in [5.74, 6) is 0.136. The SMILES string of the molecule is C=C(CC)CNC(C)C(=O)N(C)CC. The molecule has 0 radical (unpaired) electrons. The Labute approximate surface area is 87.2 Å². The zero-order chi connectivity index (χ0) is 11.1. The van der Waals surface area contributed by atoms with E-state index in [1.165, 1.54) is 0 Å². The van der Waals surface area contributed by atoms with E-state index in [1.807, 2.05) is 20.9 Å². The van der Waals surface area contributed by atoms with E-state index in [1.54, 1.807) is 4.90 Å². The molecule has 0 bridgehead atoms. The molecular weight excluding hydrogens is 176 g/mol. The molecule has 0 fully saturated rings. The molecule has 1 N–H and O–H groups in total. The van der Waals surface area contributed by atoms with Gasteiger partial charge in [-0.1, -0.05) is 19.1 Å². The van der Waals surface area contributed by atoms with E-state index < -0.39 is 0 Å². The minimum absolute atomic E-state index is 0.122. The highest BCUT2D eigenvalue weighted by Gasteiger charge is 2.14. The maximum atomic E-state index is 11.6. The fraction of sp³-hybridized carbons (Fsp3) is 0.727. The van der Waals surface area contributed by atoms with E-state index >= 15 is 0 Å². The van der Waals surface area contributed by atoms with Gasteiger partial charge in [-0.3, -0.25) is 4.79 Å². The number of hydrogen-bond donors (Lipinski definition) is 1. The van der Waals surface area contributed by atoms with Gasteiger partial charge in [0.1, 0.15) is 0 Å². The number of carbonyl (C=O) groups excluding carboxylic acids is 1. The lowest BCUT2D eigenvalue weighted by Crippen LogP contribution is -2.43. The van der Waals surface area contributed by atoms with Gasteiger partial charge in [0.15, 0.2) is 0 Å². The summed E-state index contributed by atoms with van der Waals surface area (Å²) in [6.07, 6.45) is 0.956. The highest BCUT2D eigenvalue weighted by molar-refractivity contribution is 5.81. The molecule has 0 rings (SSSR count). The molecule has 0 saturated heterocycles. The molecule has 0 aromatic rings. The molecule has 0 saturated carbocycles. The second-order valence-electron chi connectivity index (χ2n) is 3.56. The van der Waals surface area contributed by atoms with Crippen LogP contribution in [0, 0.1) is 0 Å². The molecule has 0 aromatic heterocycles. The van der Waals surface area contributed by atoms with Crippen LogP contribution in [0.1, 0.15) is 27.2 Å². The van der Waals surface area contributed by atoms with Crippen LogP contribution in [-0.4, -0.2) is 37.0 Å². The van der Waals surface area contributed by atoms with Gasteiger partial charge < -0.3 is 10.2 Å². The minimum Gasteiger partial charge on any atom is -0.345 e. The summed E-state index contributed by atoms with van der Waals surface area (Å²) in [4.78, 5) is 13.3. The normalized spacial score (nSPS) is 12.3. The van der Waals surface area contributed by atoms with Crippen molar-refractivity contribution < 1.29 is 4.79 Å². The summed E-state index contributed by atoms with van der Waals surface area (Å²) >= 11 is 0. The number of hydrogen-bond acceptors (Lipinski definition) is 2. The average Bonchev–Trinajstić information content (AvgIpc) is 2.22. The standard InChI is InChI=1S/C11H22N2O/c1-6-9(3)8-12-10(4)11(14)13(5)7-2/h10,12H,3,6-8H2,1-2,4-5H3. The van der Waals surface area contributed by atoms with Crippen molar-refractivity contribution in [2.45, 2.75) is 33.2 Å². The molecule has 1 unspecified atom stereocenters. The smallest absolute Gasteiger partial charge is 0.239 e. The van der Waals surface area contributed by atoms with Gasteiger partial charge in [-0.2, -0.15) is 0 Å². The molecule has 3 heteroatoms. The highest BCUT2D eigenvalue weighted by atomic mass is 16.2. The van der Waals surface area contributed by atoms with Gasteiger partial charge in [-0.15, -0.1) is 0 Å². The van der Waals surface area contributed by atoms with Gasteiger partial charge in [0.25, 0.3) is 0 Å². The zero-order valence-corrected chi connectivity index (χ0v) is 9.76. The van der Waals surface area contributed by atoms with Crippen LogP contribution in [-0.2, 0) is 4.79 Å². The van der Waals surface area contributed by atoms with E-state index in [9.17, 15) is 4.79 Å². The van der Waals surface area contributed by atoms with Crippen molar-refractivity contribution in [2.24, 2.45) is 0 Å². The van der Waals surface area contributed by atoms with Gasteiger partial charge in [-0.25, -0.2) is 0 Å². The fourth-order valence-electron chi connectivity index (χ4n) is 0.996. The van der Waals surface area contributed by atoms with Crippen molar-refractivity contribution in [1.29, 1.82) is 0 Å². The van der Waals surface area contributed by atoms with E-state index in [4.69, 9.17) is 0 Å². The summed E-state index contributed by atoms with van der Waals surface area (Å²) in [6.45, 7) is 11.3. The molecule has 0 aliphatic carbocycles. The van der Waals surface area contributed by atoms with Gasteiger partial charge in [0.2, 0.25) is 5.91 Å². The number of rotatable bonds is 6. The molecule has 82 valence electrons. The Bertz CT molecular complexity index is 201. The number of nitrogens with one attached hydrogen (secondary N) is 1. The van der Waals surface area contributed by atoms with Gasteiger partial charge in [-0.05, 0) is 20.3 Å². The Morgan fingerprint density at radius 1 is 1.50 bits per heavy atom. The minimum atomic E-state index is -0.122. The van der Waals surface area contributed by atoms with E-state index in [0.717, 1.165) is 25.1 Å². The lowest BCUT2D eigenvalue weighted by atomic mass is 10.2. The molecule has 3 nitrogen and oxygen atoms in total. The molecule has 0 spiro atoms. The highest BCUT2D eigenvalue weighted by Crippen LogP contribution is 1.96. The predicted molar refractivity (Wildman–Crippen MR) is 60.2 cm³/mol. The molecule has 14 heavy (non-hydrogen) atoms. The quantitative estimate of drug-likeness (QED) is 0.654. The largest absolute Gasteiger partial charge is 0.345 e. The third kappa shape index (κ3) is 4.42. The van der Waals surface area contributed by atoms with Crippen LogP contribution in [0.4, 0.5) is 0 Å². The first-order chi connectivity index (χ1) is 6.52. The third-order valence-corrected chi connectivity index (χ3v) is 2.38. The summed E-state index contributed by atoms with van der Waals surface area (Å²) in [5, 5.41) is 3.16. The number of amides is 1. The molecule has 0 aliphatic rings. The zero-order valence-electron chi connectivity index (χ0n) is 9.76. The summed E-state index contributed by atoms with van der Waals surface area (Å²) < 4.78 is 0. The molecule has 1 amide bonds. The van der Waals surface area contributed by atoms with Crippen molar-refractivity contribution in [3.05, 3.63) is 12.2 Å². The van der Waals surface area contributed by atoms with Crippen LogP contribution in [0.25, 0.3) is 0 Å². The first kappa shape index (κ1) is 13.2. The van der Waals surface area contributed by atoms with Crippen molar-refractivity contribution in [2.75, 3.05) is 20.1 Å². The van der Waals surface area contributed by atoms with Gasteiger partial charge >= 0.3 is 0 Å². The second-order valence-corrected chi connectivity index (χ2v) is 3.56.